The molecule has 4 atom stereocenters. The van der Waals surface area contributed by atoms with Crippen LogP contribution in [0.15, 0.2) is 18.2 Å². The summed E-state index contributed by atoms with van der Waals surface area (Å²) in [5.41, 5.74) is 0. The monoisotopic (exact) mass is 341 g/mol. The molecule has 0 radical (unpaired) electrons. The van der Waals surface area contributed by atoms with Gasteiger partial charge in [0.1, 0.15) is 5.75 Å². The number of fused-ring (bicyclic) bond motifs is 2. The van der Waals surface area contributed by atoms with Gasteiger partial charge in [0.05, 0.1) is 16.7 Å². The Hall–Kier alpha value is -0.440. The van der Waals surface area contributed by atoms with Crippen LogP contribution in [0.3, 0.4) is 0 Å². The molecule has 0 spiro atoms. The van der Waals surface area contributed by atoms with Gasteiger partial charge in [0, 0.05) is 24.1 Å². The molecule has 2 nitrogen and oxygen atoms in total. The van der Waals surface area contributed by atoms with E-state index in [0.717, 1.165) is 24.3 Å². The van der Waals surface area contributed by atoms with Crippen LogP contribution >= 0.6 is 23.2 Å². The van der Waals surface area contributed by atoms with Crippen molar-refractivity contribution < 1.29 is 4.74 Å². The first kappa shape index (κ1) is 16.4. The summed E-state index contributed by atoms with van der Waals surface area (Å²) in [6.45, 7) is 3.07. The fourth-order valence-electron chi connectivity index (χ4n) is 4.39. The van der Waals surface area contributed by atoms with E-state index in [1.807, 2.05) is 12.1 Å². The standard InChI is InChI=1S/C18H25Cl2NO/c1-3-4-12-9-13-5-8-18(21(13)2)15(12)11-22-14-6-7-16(19)17(20)10-14/h6-7,10,12-13,15,18H,3-5,8-9,11H2,1-2H3/t12-,13?,15?,18?/m0/s1. The summed E-state index contributed by atoms with van der Waals surface area (Å²) < 4.78 is 6.09. The highest BCUT2D eigenvalue weighted by Crippen LogP contribution is 2.43. The number of halogens is 2. The zero-order valence-corrected chi connectivity index (χ0v) is 14.9. The summed E-state index contributed by atoms with van der Waals surface area (Å²) in [7, 11) is 2.29. The Balaban J connectivity index is 1.69. The molecule has 2 heterocycles. The maximum absolute atomic E-state index is 6.09. The van der Waals surface area contributed by atoms with Crippen molar-refractivity contribution in [1.82, 2.24) is 4.90 Å². The van der Waals surface area contributed by atoms with Crippen LogP contribution in [0.1, 0.15) is 39.0 Å². The van der Waals surface area contributed by atoms with Gasteiger partial charge >= 0.3 is 0 Å². The van der Waals surface area contributed by atoms with Gasteiger partial charge in [-0.05, 0) is 44.4 Å². The minimum atomic E-state index is 0.561. The van der Waals surface area contributed by atoms with Gasteiger partial charge in [0.25, 0.3) is 0 Å². The van der Waals surface area contributed by atoms with Crippen LogP contribution in [0, 0.1) is 11.8 Å². The number of benzene rings is 1. The fraction of sp³-hybridized carbons (Fsp3) is 0.667. The highest BCUT2D eigenvalue weighted by atomic mass is 35.5. The lowest BCUT2D eigenvalue weighted by Gasteiger charge is -2.43. The molecule has 2 bridgehead atoms. The predicted octanol–water partition coefficient (Wildman–Crippen LogP) is 5.27. The van der Waals surface area contributed by atoms with Crippen LogP contribution in [0.4, 0.5) is 0 Å². The molecular formula is C18H25Cl2NO. The Morgan fingerprint density at radius 3 is 2.77 bits per heavy atom. The molecule has 0 aliphatic carbocycles. The lowest BCUT2D eigenvalue weighted by atomic mass is 9.78. The van der Waals surface area contributed by atoms with Crippen molar-refractivity contribution in [1.29, 1.82) is 0 Å². The molecule has 1 aromatic carbocycles. The average Bonchev–Trinajstić information content (AvgIpc) is 2.74. The predicted molar refractivity (Wildman–Crippen MR) is 93.0 cm³/mol. The third kappa shape index (κ3) is 3.25. The minimum absolute atomic E-state index is 0.561. The van der Waals surface area contributed by atoms with E-state index < -0.39 is 0 Å². The van der Waals surface area contributed by atoms with E-state index in [9.17, 15) is 0 Å². The summed E-state index contributed by atoms with van der Waals surface area (Å²) in [5.74, 6) is 2.24. The molecule has 2 fully saturated rings. The number of piperidine rings is 1. The maximum atomic E-state index is 6.09. The first-order valence-electron chi connectivity index (χ1n) is 8.40. The smallest absolute Gasteiger partial charge is 0.120 e. The van der Waals surface area contributed by atoms with E-state index in [1.54, 1.807) is 6.07 Å². The number of nitrogens with zero attached hydrogens (tertiary/aromatic N) is 1. The SMILES string of the molecule is CCC[C@H]1CC2CCC(C1COc1ccc(Cl)c(Cl)c1)N2C. The van der Waals surface area contributed by atoms with Crippen molar-refractivity contribution in [2.75, 3.05) is 13.7 Å². The molecule has 2 aliphatic heterocycles. The van der Waals surface area contributed by atoms with Crippen LogP contribution < -0.4 is 4.74 Å². The average molecular weight is 342 g/mol. The zero-order valence-electron chi connectivity index (χ0n) is 13.4. The second-order valence-corrected chi connectivity index (χ2v) is 7.61. The summed E-state index contributed by atoms with van der Waals surface area (Å²) in [5, 5.41) is 1.14. The van der Waals surface area contributed by atoms with Gasteiger partial charge in [0.2, 0.25) is 0 Å². The molecular weight excluding hydrogens is 317 g/mol. The molecule has 3 rings (SSSR count). The van der Waals surface area contributed by atoms with Crippen LogP contribution in [-0.2, 0) is 0 Å². The normalized spacial score (nSPS) is 31.5. The highest BCUT2D eigenvalue weighted by Gasteiger charge is 2.45. The molecule has 2 saturated heterocycles. The minimum Gasteiger partial charge on any atom is -0.493 e. The molecule has 0 aromatic heterocycles. The second kappa shape index (κ2) is 6.98. The van der Waals surface area contributed by atoms with Crippen LogP contribution in [0.25, 0.3) is 0 Å². The molecule has 122 valence electrons. The van der Waals surface area contributed by atoms with Crippen molar-refractivity contribution in [2.24, 2.45) is 11.8 Å². The molecule has 0 N–H and O–H groups in total. The number of rotatable bonds is 5. The Morgan fingerprint density at radius 2 is 2.05 bits per heavy atom. The Kier molecular flexibility index (Phi) is 5.21. The van der Waals surface area contributed by atoms with E-state index in [2.05, 4.69) is 18.9 Å². The van der Waals surface area contributed by atoms with Gasteiger partial charge in [0.15, 0.2) is 0 Å². The molecule has 0 amide bonds. The van der Waals surface area contributed by atoms with Gasteiger partial charge in [-0.3, -0.25) is 0 Å². The van der Waals surface area contributed by atoms with Gasteiger partial charge in [-0.25, -0.2) is 0 Å². The molecule has 1 aromatic rings. The number of hydrogen-bond acceptors (Lipinski definition) is 2. The van der Waals surface area contributed by atoms with Crippen LogP contribution in [0.2, 0.25) is 10.0 Å². The second-order valence-electron chi connectivity index (χ2n) is 6.80. The summed E-state index contributed by atoms with van der Waals surface area (Å²) in [4.78, 5) is 2.59. The third-order valence-corrected chi connectivity index (χ3v) is 6.30. The number of ether oxygens (including phenoxy) is 1. The third-order valence-electron chi connectivity index (χ3n) is 5.56. The van der Waals surface area contributed by atoms with Crippen molar-refractivity contribution in [3.05, 3.63) is 28.2 Å². The molecule has 3 unspecified atom stereocenters. The van der Waals surface area contributed by atoms with Crippen LogP contribution in [0.5, 0.6) is 5.75 Å². The quantitative estimate of drug-likeness (QED) is 0.723. The van der Waals surface area contributed by atoms with E-state index in [0.29, 0.717) is 22.0 Å². The Labute approximate surface area is 143 Å². The van der Waals surface area contributed by atoms with Crippen LogP contribution in [-0.4, -0.2) is 30.6 Å². The summed E-state index contributed by atoms with van der Waals surface area (Å²) in [6, 6.07) is 7.01. The van der Waals surface area contributed by atoms with Crippen molar-refractivity contribution in [3.63, 3.8) is 0 Å². The molecule has 4 heteroatoms. The first-order chi connectivity index (χ1) is 10.6. The Morgan fingerprint density at radius 1 is 1.23 bits per heavy atom. The lowest BCUT2D eigenvalue weighted by molar-refractivity contribution is 0.0338. The number of hydrogen-bond donors (Lipinski definition) is 0. The van der Waals surface area contributed by atoms with Crippen molar-refractivity contribution >= 4 is 23.2 Å². The molecule has 2 aliphatic rings. The van der Waals surface area contributed by atoms with E-state index in [-0.39, 0.29) is 0 Å². The summed E-state index contributed by atoms with van der Waals surface area (Å²) in [6.07, 6.45) is 6.57. The van der Waals surface area contributed by atoms with E-state index in [4.69, 9.17) is 27.9 Å². The lowest BCUT2D eigenvalue weighted by Crippen LogP contribution is -2.48. The zero-order chi connectivity index (χ0) is 15.7. The van der Waals surface area contributed by atoms with Gasteiger partial charge in [-0.1, -0.05) is 43.0 Å². The highest BCUT2D eigenvalue weighted by molar-refractivity contribution is 6.42. The first-order valence-corrected chi connectivity index (χ1v) is 9.15. The molecule has 22 heavy (non-hydrogen) atoms. The van der Waals surface area contributed by atoms with E-state index in [1.165, 1.54) is 32.1 Å². The van der Waals surface area contributed by atoms with Crippen molar-refractivity contribution in [2.45, 2.75) is 51.1 Å². The maximum Gasteiger partial charge on any atom is 0.120 e. The van der Waals surface area contributed by atoms with Crippen molar-refractivity contribution in [3.8, 4) is 5.75 Å². The van der Waals surface area contributed by atoms with Gasteiger partial charge < -0.3 is 9.64 Å². The van der Waals surface area contributed by atoms with E-state index >= 15 is 0 Å². The summed E-state index contributed by atoms with van der Waals surface area (Å²) >= 11 is 12.0. The fourth-order valence-corrected chi connectivity index (χ4v) is 4.68. The van der Waals surface area contributed by atoms with Gasteiger partial charge in [-0.2, -0.15) is 0 Å². The largest absolute Gasteiger partial charge is 0.493 e. The molecule has 0 saturated carbocycles. The topological polar surface area (TPSA) is 12.5 Å². The van der Waals surface area contributed by atoms with Gasteiger partial charge in [-0.15, -0.1) is 0 Å². The Bertz CT molecular complexity index is 522.